The minimum absolute atomic E-state index is 0.0116. The molecular weight excluding hydrogens is 234 g/mol. The van der Waals surface area contributed by atoms with Gasteiger partial charge >= 0.3 is 5.97 Å². The molecule has 1 aromatic heterocycles. The largest absolute Gasteiger partial charge is 0.477 e. The van der Waals surface area contributed by atoms with Crippen LogP contribution in [0.2, 0.25) is 0 Å². The van der Waals surface area contributed by atoms with Crippen molar-refractivity contribution in [2.45, 2.75) is 19.4 Å². The Morgan fingerprint density at radius 3 is 3.06 bits per heavy atom. The first kappa shape index (κ1) is 12.6. The molecule has 0 saturated carbocycles. The average Bonchev–Trinajstić information content (AvgIpc) is 2.73. The SMILES string of the molecule is CC1OCCC1CNc1nc(C(=O)O)ccc1N. The number of aromatic carboxylic acids is 1. The fraction of sp³-hybridized carbons (Fsp3) is 0.500. The van der Waals surface area contributed by atoms with E-state index < -0.39 is 5.97 Å². The van der Waals surface area contributed by atoms with Gasteiger partial charge in [-0.05, 0) is 25.5 Å². The normalized spacial score (nSPS) is 22.9. The van der Waals surface area contributed by atoms with E-state index in [-0.39, 0.29) is 11.8 Å². The third-order valence-electron chi connectivity index (χ3n) is 3.21. The zero-order chi connectivity index (χ0) is 13.1. The molecule has 0 radical (unpaired) electrons. The molecule has 1 fully saturated rings. The second-order valence-corrected chi connectivity index (χ2v) is 4.45. The molecule has 2 heterocycles. The lowest BCUT2D eigenvalue weighted by atomic mass is 10.0. The zero-order valence-corrected chi connectivity index (χ0v) is 10.2. The van der Waals surface area contributed by atoms with Gasteiger partial charge < -0.3 is 20.9 Å². The maximum atomic E-state index is 10.8. The Hall–Kier alpha value is -1.82. The maximum Gasteiger partial charge on any atom is 0.354 e. The molecule has 6 nitrogen and oxygen atoms in total. The Morgan fingerprint density at radius 1 is 1.67 bits per heavy atom. The van der Waals surface area contributed by atoms with E-state index in [0.717, 1.165) is 13.0 Å². The van der Waals surface area contributed by atoms with Crippen molar-refractivity contribution in [2.75, 3.05) is 24.2 Å². The summed E-state index contributed by atoms with van der Waals surface area (Å²) < 4.78 is 5.46. The van der Waals surface area contributed by atoms with Crippen molar-refractivity contribution >= 4 is 17.5 Å². The van der Waals surface area contributed by atoms with Crippen molar-refractivity contribution in [1.82, 2.24) is 4.98 Å². The number of nitrogen functional groups attached to an aromatic ring is 1. The van der Waals surface area contributed by atoms with E-state index in [1.807, 2.05) is 6.92 Å². The Labute approximate surface area is 105 Å². The number of nitrogens with one attached hydrogen (secondary N) is 1. The summed E-state index contributed by atoms with van der Waals surface area (Å²) in [4.78, 5) is 14.8. The Bertz CT molecular complexity index is 450. The molecule has 1 aliphatic heterocycles. The minimum Gasteiger partial charge on any atom is -0.477 e. The molecule has 98 valence electrons. The minimum atomic E-state index is -1.06. The number of aromatic nitrogens is 1. The van der Waals surface area contributed by atoms with Crippen LogP contribution in [-0.2, 0) is 4.74 Å². The second-order valence-electron chi connectivity index (χ2n) is 4.45. The van der Waals surface area contributed by atoms with Gasteiger partial charge in [0.05, 0.1) is 11.8 Å². The monoisotopic (exact) mass is 251 g/mol. The van der Waals surface area contributed by atoms with Crippen molar-refractivity contribution in [1.29, 1.82) is 0 Å². The van der Waals surface area contributed by atoms with Gasteiger partial charge in [0.2, 0.25) is 0 Å². The topological polar surface area (TPSA) is 97.5 Å². The number of carboxylic acids is 1. The van der Waals surface area contributed by atoms with Gasteiger partial charge in [-0.1, -0.05) is 0 Å². The predicted molar refractivity (Wildman–Crippen MR) is 67.6 cm³/mol. The predicted octanol–water partition coefficient (Wildman–Crippen LogP) is 1.20. The molecule has 2 rings (SSSR count). The molecule has 0 aliphatic carbocycles. The molecule has 0 spiro atoms. The lowest BCUT2D eigenvalue weighted by Gasteiger charge is -2.16. The summed E-state index contributed by atoms with van der Waals surface area (Å²) >= 11 is 0. The van der Waals surface area contributed by atoms with Crippen LogP contribution in [-0.4, -0.2) is 35.3 Å². The van der Waals surface area contributed by atoms with Crippen LogP contribution < -0.4 is 11.1 Å². The molecule has 6 heteroatoms. The Balaban J connectivity index is 2.04. The third-order valence-corrected chi connectivity index (χ3v) is 3.21. The Kier molecular flexibility index (Phi) is 3.66. The summed E-state index contributed by atoms with van der Waals surface area (Å²) in [7, 11) is 0. The second kappa shape index (κ2) is 5.22. The van der Waals surface area contributed by atoms with Crippen LogP contribution in [0.1, 0.15) is 23.8 Å². The maximum absolute atomic E-state index is 10.8. The van der Waals surface area contributed by atoms with E-state index in [0.29, 0.717) is 24.0 Å². The molecule has 0 bridgehead atoms. The highest BCUT2D eigenvalue weighted by Gasteiger charge is 2.24. The van der Waals surface area contributed by atoms with Crippen molar-refractivity contribution < 1.29 is 14.6 Å². The van der Waals surface area contributed by atoms with Gasteiger partial charge in [0.1, 0.15) is 5.82 Å². The molecule has 0 aromatic carbocycles. The van der Waals surface area contributed by atoms with Gasteiger partial charge in [0, 0.05) is 19.1 Å². The van der Waals surface area contributed by atoms with Gasteiger partial charge in [-0.25, -0.2) is 9.78 Å². The fourth-order valence-electron chi connectivity index (χ4n) is 2.00. The number of rotatable bonds is 4. The van der Waals surface area contributed by atoms with Crippen molar-refractivity contribution in [2.24, 2.45) is 5.92 Å². The summed E-state index contributed by atoms with van der Waals surface area (Å²) in [5.41, 5.74) is 6.20. The first-order valence-electron chi connectivity index (χ1n) is 5.93. The van der Waals surface area contributed by atoms with E-state index >= 15 is 0 Å². The van der Waals surface area contributed by atoms with E-state index in [1.165, 1.54) is 6.07 Å². The first-order valence-corrected chi connectivity index (χ1v) is 5.93. The first-order chi connectivity index (χ1) is 8.58. The standard InChI is InChI=1S/C12H17N3O3/c1-7-8(4-5-18-7)6-14-11-9(13)2-3-10(15-11)12(16)17/h2-3,7-8H,4-6,13H2,1H3,(H,14,15)(H,16,17). The number of anilines is 2. The van der Waals surface area contributed by atoms with Gasteiger partial charge in [0.15, 0.2) is 5.69 Å². The van der Waals surface area contributed by atoms with Crippen LogP contribution in [0.3, 0.4) is 0 Å². The molecule has 1 aromatic rings. The van der Waals surface area contributed by atoms with Gasteiger partial charge in [-0.2, -0.15) is 0 Å². The molecule has 2 atom stereocenters. The van der Waals surface area contributed by atoms with Crippen molar-refractivity contribution in [3.8, 4) is 0 Å². The molecule has 18 heavy (non-hydrogen) atoms. The molecule has 1 saturated heterocycles. The van der Waals surface area contributed by atoms with E-state index in [4.69, 9.17) is 15.6 Å². The number of nitrogens with two attached hydrogens (primary N) is 1. The van der Waals surface area contributed by atoms with E-state index in [2.05, 4.69) is 10.3 Å². The summed E-state index contributed by atoms with van der Waals surface area (Å²) in [6.07, 6.45) is 1.20. The van der Waals surface area contributed by atoms with Crippen LogP contribution in [0.5, 0.6) is 0 Å². The summed E-state index contributed by atoms with van der Waals surface area (Å²) in [5, 5.41) is 12.0. The van der Waals surface area contributed by atoms with Gasteiger partial charge in [-0.15, -0.1) is 0 Å². The van der Waals surface area contributed by atoms with Crippen LogP contribution in [0.15, 0.2) is 12.1 Å². The van der Waals surface area contributed by atoms with Crippen molar-refractivity contribution in [3.05, 3.63) is 17.8 Å². The van der Waals surface area contributed by atoms with E-state index in [9.17, 15) is 4.79 Å². The number of nitrogens with zero attached hydrogens (tertiary/aromatic N) is 1. The summed E-state index contributed by atoms with van der Waals surface area (Å²) in [5.74, 6) is -0.232. The smallest absolute Gasteiger partial charge is 0.354 e. The molecule has 1 aliphatic rings. The van der Waals surface area contributed by atoms with Crippen LogP contribution >= 0.6 is 0 Å². The number of ether oxygens (including phenoxy) is 1. The molecule has 0 amide bonds. The number of hydrogen-bond donors (Lipinski definition) is 3. The Morgan fingerprint density at radius 2 is 2.44 bits per heavy atom. The number of carbonyl (C=O) groups is 1. The van der Waals surface area contributed by atoms with Crippen LogP contribution in [0.25, 0.3) is 0 Å². The molecular formula is C12H17N3O3. The van der Waals surface area contributed by atoms with Crippen LogP contribution in [0.4, 0.5) is 11.5 Å². The van der Waals surface area contributed by atoms with E-state index in [1.54, 1.807) is 6.07 Å². The number of hydrogen-bond acceptors (Lipinski definition) is 5. The fourth-order valence-corrected chi connectivity index (χ4v) is 2.00. The average molecular weight is 251 g/mol. The third kappa shape index (κ3) is 2.70. The quantitative estimate of drug-likeness (QED) is 0.744. The highest BCUT2D eigenvalue weighted by Crippen LogP contribution is 2.22. The van der Waals surface area contributed by atoms with Gasteiger partial charge in [-0.3, -0.25) is 0 Å². The molecule has 4 N–H and O–H groups in total. The number of pyridine rings is 1. The van der Waals surface area contributed by atoms with Crippen LogP contribution in [0, 0.1) is 5.92 Å². The highest BCUT2D eigenvalue weighted by atomic mass is 16.5. The van der Waals surface area contributed by atoms with Gasteiger partial charge in [0.25, 0.3) is 0 Å². The highest BCUT2D eigenvalue weighted by molar-refractivity contribution is 5.86. The molecule has 2 unspecified atom stereocenters. The number of carboxylic acid groups (broad SMARTS) is 1. The lowest BCUT2D eigenvalue weighted by Crippen LogP contribution is -2.22. The zero-order valence-electron chi connectivity index (χ0n) is 10.2. The summed E-state index contributed by atoms with van der Waals surface area (Å²) in [6.45, 7) is 3.48. The lowest BCUT2D eigenvalue weighted by molar-refractivity contribution is 0.0690. The van der Waals surface area contributed by atoms with Crippen molar-refractivity contribution in [3.63, 3.8) is 0 Å². The summed E-state index contributed by atoms with van der Waals surface area (Å²) in [6, 6.07) is 2.94.